The van der Waals surface area contributed by atoms with Gasteiger partial charge in [-0.1, -0.05) is 18.2 Å². The van der Waals surface area contributed by atoms with E-state index in [1.807, 2.05) is 17.5 Å². The molecular formula is C17H20N2O4S2. The number of ketones is 1. The summed E-state index contributed by atoms with van der Waals surface area (Å²) < 4.78 is 26.8. The zero-order valence-electron chi connectivity index (χ0n) is 13.8. The van der Waals surface area contributed by atoms with Crippen LogP contribution in [0.15, 0.2) is 46.7 Å². The van der Waals surface area contributed by atoms with Crippen LogP contribution in [-0.4, -0.2) is 33.2 Å². The molecule has 2 aromatic rings. The highest BCUT2D eigenvalue weighted by atomic mass is 32.2. The normalized spacial score (nSPS) is 11.2. The number of hydrogen-bond donors (Lipinski definition) is 2. The second-order valence-electron chi connectivity index (χ2n) is 5.41. The van der Waals surface area contributed by atoms with Crippen molar-refractivity contribution in [1.82, 2.24) is 10.0 Å². The lowest BCUT2D eigenvalue weighted by molar-refractivity contribution is -0.120. The predicted octanol–water partition coefficient (Wildman–Crippen LogP) is 1.98. The van der Waals surface area contributed by atoms with Crippen LogP contribution in [0.5, 0.6) is 0 Å². The first-order valence-electron chi connectivity index (χ1n) is 7.78. The van der Waals surface area contributed by atoms with Crippen molar-refractivity contribution in [2.24, 2.45) is 0 Å². The Hall–Kier alpha value is -2.03. The van der Waals surface area contributed by atoms with Gasteiger partial charge in [0.05, 0.1) is 4.90 Å². The molecule has 0 spiro atoms. The Morgan fingerprint density at radius 1 is 1.12 bits per heavy atom. The zero-order valence-corrected chi connectivity index (χ0v) is 15.5. The molecule has 1 aromatic carbocycles. The Bertz CT molecular complexity index is 830. The lowest BCUT2D eigenvalue weighted by Gasteiger charge is -2.08. The summed E-state index contributed by atoms with van der Waals surface area (Å²) in [6, 6.07) is 9.77. The van der Waals surface area contributed by atoms with E-state index in [0.717, 1.165) is 6.42 Å². The third kappa shape index (κ3) is 6.08. The molecule has 0 radical (unpaired) electrons. The van der Waals surface area contributed by atoms with E-state index in [4.69, 9.17) is 0 Å². The van der Waals surface area contributed by atoms with Crippen LogP contribution >= 0.6 is 11.3 Å². The van der Waals surface area contributed by atoms with Crippen molar-refractivity contribution in [2.45, 2.75) is 24.7 Å². The highest BCUT2D eigenvalue weighted by Gasteiger charge is 2.15. The van der Waals surface area contributed by atoms with Crippen molar-refractivity contribution in [3.8, 4) is 0 Å². The highest BCUT2D eigenvalue weighted by Crippen LogP contribution is 2.12. The van der Waals surface area contributed by atoms with Crippen LogP contribution in [0, 0.1) is 0 Å². The molecule has 134 valence electrons. The van der Waals surface area contributed by atoms with E-state index >= 15 is 0 Å². The van der Waals surface area contributed by atoms with Gasteiger partial charge in [0, 0.05) is 30.0 Å². The Balaban J connectivity index is 1.78. The van der Waals surface area contributed by atoms with Gasteiger partial charge < -0.3 is 5.32 Å². The van der Waals surface area contributed by atoms with Gasteiger partial charge in [0.1, 0.15) is 0 Å². The topological polar surface area (TPSA) is 92.3 Å². The molecule has 8 heteroatoms. The Kier molecular flexibility index (Phi) is 6.86. The second-order valence-corrected chi connectivity index (χ2v) is 8.21. The van der Waals surface area contributed by atoms with Gasteiger partial charge in [0.25, 0.3) is 0 Å². The minimum atomic E-state index is -3.75. The molecule has 0 aliphatic rings. The summed E-state index contributed by atoms with van der Waals surface area (Å²) in [5.74, 6) is -0.418. The van der Waals surface area contributed by atoms with Crippen molar-refractivity contribution in [3.63, 3.8) is 0 Å². The Labute approximate surface area is 151 Å². The van der Waals surface area contributed by atoms with Crippen molar-refractivity contribution in [3.05, 3.63) is 52.2 Å². The molecule has 1 aromatic heterocycles. The molecule has 25 heavy (non-hydrogen) atoms. The number of carbonyl (C=O) groups is 2. The second kappa shape index (κ2) is 8.89. The fourth-order valence-electron chi connectivity index (χ4n) is 2.13. The summed E-state index contributed by atoms with van der Waals surface area (Å²) in [6.07, 6.45) is 0.809. The number of carbonyl (C=O) groups excluding carboxylic acids is 2. The number of Topliss-reactive ketones (excluding diaryl/α,β-unsaturated/α-hetero) is 1. The number of benzene rings is 1. The lowest BCUT2D eigenvalue weighted by Crippen LogP contribution is -2.31. The van der Waals surface area contributed by atoms with E-state index < -0.39 is 10.0 Å². The summed E-state index contributed by atoms with van der Waals surface area (Å²) in [6.45, 7) is 1.89. The standard InChI is InChI=1S/C17H20N2O4S2/c1-13(20)14-4-2-6-16(12-14)25(22,23)19-10-8-17(21)18-9-7-15-5-3-11-24-15/h2-6,11-12,19H,7-10H2,1H3,(H,18,21). The van der Waals surface area contributed by atoms with Gasteiger partial charge in [-0.15, -0.1) is 11.3 Å². The zero-order chi connectivity index (χ0) is 18.3. The van der Waals surface area contributed by atoms with Crippen LogP contribution in [0.25, 0.3) is 0 Å². The molecule has 0 bridgehead atoms. The molecule has 6 nitrogen and oxygen atoms in total. The molecule has 2 rings (SSSR count). The van der Waals surface area contributed by atoms with Gasteiger partial charge in [-0.3, -0.25) is 9.59 Å². The number of thiophene rings is 1. The van der Waals surface area contributed by atoms with E-state index in [9.17, 15) is 18.0 Å². The molecule has 1 amide bonds. The van der Waals surface area contributed by atoms with E-state index in [0.29, 0.717) is 12.1 Å². The predicted molar refractivity (Wildman–Crippen MR) is 97.3 cm³/mol. The molecule has 0 atom stereocenters. The number of amides is 1. The molecule has 0 saturated heterocycles. The first-order chi connectivity index (χ1) is 11.9. The minimum absolute atomic E-state index is 0.00251. The highest BCUT2D eigenvalue weighted by molar-refractivity contribution is 7.89. The summed E-state index contributed by atoms with van der Waals surface area (Å²) in [5, 5.41) is 4.74. The van der Waals surface area contributed by atoms with Crippen molar-refractivity contribution in [2.75, 3.05) is 13.1 Å². The van der Waals surface area contributed by atoms with Crippen LogP contribution in [0.1, 0.15) is 28.6 Å². The third-order valence-electron chi connectivity index (χ3n) is 3.47. The molecule has 0 aliphatic carbocycles. The van der Waals surface area contributed by atoms with Crippen molar-refractivity contribution in [1.29, 1.82) is 0 Å². The van der Waals surface area contributed by atoms with E-state index in [-0.39, 0.29) is 29.6 Å². The van der Waals surface area contributed by atoms with Gasteiger partial charge >= 0.3 is 0 Å². The summed E-state index contributed by atoms with van der Waals surface area (Å²) in [5.41, 5.74) is 0.328. The van der Waals surface area contributed by atoms with Gasteiger partial charge in [-0.05, 0) is 36.9 Å². The molecule has 0 saturated carbocycles. The average Bonchev–Trinajstić information content (AvgIpc) is 3.08. The quantitative estimate of drug-likeness (QED) is 0.651. The van der Waals surface area contributed by atoms with Gasteiger partial charge in [-0.2, -0.15) is 0 Å². The average molecular weight is 380 g/mol. The summed E-state index contributed by atoms with van der Waals surface area (Å²) in [4.78, 5) is 24.3. The smallest absolute Gasteiger partial charge is 0.240 e. The fraction of sp³-hybridized carbons (Fsp3) is 0.294. The van der Waals surface area contributed by atoms with Crippen LogP contribution in [0.2, 0.25) is 0 Å². The SMILES string of the molecule is CC(=O)c1cccc(S(=O)(=O)NCCC(=O)NCCc2cccs2)c1. The molecule has 0 unspecified atom stereocenters. The van der Waals surface area contributed by atoms with E-state index in [1.165, 1.54) is 30.0 Å². The van der Waals surface area contributed by atoms with Crippen LogP contribution < -0.4 is 10.0 Å². The van der Waals surface area contributed by atoms with Gasteiger partial charge in [0.2, 0.25) is 15.9 Å². The van der Waals surface area contributed by atoms with Gasteiger partial charge in [0.15, 0.2) is 5.78 Å². The summed E-state index contributed by atoms with van der Waals surface area (Å²) in [7, 11) is -3.75. The monoisotopic (exact) mass is 380 g/mol. The molecule has 1 heterocycles. The van der Waals surface area contributed by atoms with Crippen LogP contribution in [-0.2, 0) is 21.2 Å². The first kappa shape index (κ1) is 19.3. The van der Waals surface area contributed by atoms with Gasteiger partial charge in [-0.25, -0.2) is 13.1 Å². The van der Waals surface area contributed by atoms with E-state index in [2.05, 4.69) is 10.0 Å². The molecule has 0 fully saturated rings. The van der Waals surface area contributed by atoms with Crippen LogP contribution in [0.3, 0.4) is 0 Å². The lowest BCUT2D eigenvalue weighted by atomic mass is 10.2. The van der Waals surface area contributed by atoms with Crippen molar-refractivity contribution >= 4 is 33.1 Å². The number of sulfonamides is 1. The maximum absolute atomic E-state index is 12.2. The maximum Gasteiger partial charge on any atom is 0.240 e. The minimum Gasteiger partial charge on any atom is -0.356 e. The summed E-state index contributed by atoms with van der Waals surface area (Å²) >= 11 is 1.63. The number of nitrogens with one attached hydrogen (secondary N) is 2. The van der Waals surface area contributed by atoms with Crippen LogP contribution in [0.4, 0.5) is 0 Å². The van der Waals surface area contributed by atoms with Crippen molar-refractivity contribution < 1.29 is 18.0 Å². The fourth-order valence-corrected chi connectivity index (χ4v) is 3.92. The first-order valence-corrected chi connectivity index (χ1v) is 10.1. The largest absolute Gasteiger partial charge is 0.356 e. The molecule has 2 N–H and O–H groups in total. The number of hydrogen-bond acceptors (Lipinski definition) is 5. The molecule has 0 aliphatic heterocycles. The Morgan fingerprint density at radius 3 is 2.60 bits per heavy atom. The Morgan fingerprint density at radius 2 is 1.92 bits per heavy atom. The molecular weight excluding hydrogens is 360 g/mol. The third-order valence-corrected chi connectivity index (χ3v) is 5.86. The maximum atomic E-state index is 12.2. The number of rotatable bonds is 9. The van der Waals surface area contributed by atoms with E-state index in [1.54, 1.807) is 17.4 Å².